The lowest BCUT2D eigenvalue weighted by Gasteiger charge is -2.00. The van der Waals surface area contributed by atoms with E-state index in [4.69, 9.17) is 0 Å². The Labute approximate surface area is 75.7 Å². The molecule has 1 N–H and O–H groups in total. The Bertz CT molecular complexity index is 112. The van der Waals surface area contributed by atoms with Crippen LogP contribution in [0, 0.1) is 0 Å². The molecular formula is C10H21NO. The summed E-state index contributed by atoms with van der Waals surface area (Å²) in [5.74, 6) is 0.355. The lowest BCUT2D eigenvalue weighted by molar-refractivity contribution is -0.118. The van der Waals surface area contributed by atoms with Gasteiger partial charge in [-0.15, -0.1) is 0 Å². The van der Waals surface area contributed by atoms with Crippen molar-refractivity contribution in [2.75, 3.05) is 13.1 Å². The Kier molecular flexibility index (Phi) is 8.46. The van der Waals surface area contributed by atoms with E-state index < -0.39 is 0 Å². The lowest BCUT2D eigenvalue weighted by atomic mass is 10.1. The third-order valence-electron chi connectivity index (χ3n) is 1.88. The molecule has 0 unspecified atom stereocenters. The van der Waals surface area contributed by atoms with Gasteiger partial charge >= 0.3 is 0 Å². The quantitative estimate of drug-likeness (QED) is 0.567. The maximum atomic E-state index is 11.1. The number of carbonyl (C=O) groups excluding carboxylic acids is 1. The molecule has 0 aromatic heterocycles. The molecule has 0 heterocycles. The molecule has 72 valence electrons. The largest absolute Gasteiger partial charge is 0.310 e. The molecule has 0 saturated carbocycles. The third-order valence-corrected chi connectivity index (χ3v) is 1.88. The number of Topliss-reactive ketones (excluding diaryl/α,β-unsaturated/α-hetero) is 1. The molecule has 0 aliphatic rings. The summed E-state index contributed by atoms with van der Waals surface area (Å²) in [5.41, 5.74) is 0. The van der Waals surface area contributed by atoms with Crippen molar-refractivity contribution < 1.29 is 4.79 Å². The summed E-state index contributed by atoms with van der Waals surface area (Å²) in [6, 6.07) is 0. The van der Waals surface area contributed by atoms with Crippen LogP contribution in [0.15, 0.2) is 0 Å². The zero-order chi connectivity index (χ0) is 9.23. The molecule has 0 aromatic carbocycles. The summed E-state index contributed by atoms with van der Waals surface area (Å²) >= 11 is 0. The predicted octanol–water partition coefficient (Wildman–Crippen LogP) is 2.14. The van der Waals surface area contributed by atoms with Gasteiger partial charge in [0.15, 0.2) is 0 Å². The summed E-state index contributed by atoms with van der Waals surface area (Å²) in [5, 5.41) is 3.04. The van der Waals surface area contributed by atoms with Gasteiger partial charge in [-0.2, -0.15) is 0 Å². The van der Waals surface area contributed by atoms with Crippen LogP contribution in [0.1, 0.15) is 46.0 Å². The van der Waals surface area contributed by atoms with Gasteiger partial charge in [-0.3, -0.25) is 4.79 Å². The van der Waals surface area contributed by atoms with Gasteiger partial charge in [-0.25, -0.2) is 0 Å². The first-order valence-electron chi connectivity index (χ1n) is 5.03. The van der Waals surface area contributed by atoms with Crippen LogP contribution in [-0.4, -0.2) is 18.9 Å². The van der Waals surface area contributed by atoms with Crippen molar-refractivity contribution in [3.63, 3.8) is 0 Å². The Morgan fingerprint density at radius 2 is 1.92 bits per heavy atom. The molecule has 0 amide bonds. The molecule has 0 bridgehead atoms. The van der Waals surface area contributed by atoms with Crippen molar-refractivity contribution >= 4 is 5.78 Å². The van der Waals surface area contributed by atoms with E-state index in [1.807, 2.05) is 6.92 Å². The van der Waals surface area contributed by atoms with Crippen LogP contribution in [0.3, 0.4) is 0 Å². The Balaban J connectivity index is 3.08. The first kappa shape index (κ1) is 11.6. The second-order valence-corrected chi connectivity index (χ2v) is 3.13. The van der Waals surface area contributed by atoms with Crippen LogP contribution < -0.4 is 5.32 Å². The minimum absolute atomic E-state index is 0.355. The van der Waals surface area contributed by atoms with E-state index in [0.29, 0.717) is 12.3 Å². The van der Waals surface area contributed by atoms with Crippen LogP contribution in [0.25, 0.3) is 0 Å². The molecule has 12 heavy (non-hydrogen) atoms. The average Bonchev–Trinajstić information content (AvgIpc) is 2.09. The number of unbranched alkanes of at least 4 members (excludes halogenated alkanes) is 3. The first-order chi connectivity index (χ1) is 5.81. The van der Waals surface area contributed by atoms with Crippen molar-refractivity contribution in [2.24, 2.45) is 0 Å². The van der Waals surface area contributed by atoms with Crippen molar-refractivity contribution in [1.82, 2.24) is 5.32 Å². The molecule has 0 radical (unpaired) electrons. The predicted molar refractivity (Wildman–Crippen MR) is 52.3 cm³/mol. The highest BCUT2D eigenvalue weighted by atomic mass is 16.1. The third kappa shape index (κ3) is 7.73. The molecule has 2 heteroatoms. The molecule has 0 aliphatic carbocycles. The minimum Gasteiger partial charge on any atom is -0.310 e. The maximum Gasteiger partial charge on any atom is 0.146 e. The molecule has 0 saturated heterocycles. The van der Waals surface area contributed by atoms with E-state index in [1.54, 1.807) is 0 Å². The van der Waals surface area contributed by atoms with Gasteiger partial charge in [-0.1, -0.05) is 33.1 Å². The van der Waals surface area contributed by atoms with Crippen LogP contribution in [0.4, 0.5) is 0 Å². The van der Waals surface area contributed by atoms with Crippen molar-refractivity contribution in [1.29, 1.82) is 0 Å². The zero-order valence-electron chi connectivity index (χ0n) is 8.36. The monoisotopic (exact) mass is 171 g/mol. The number of hydrogen-bond acceptors (Lipinski definition) is 2. The summed E-state index contributed by atoms with van der Waals surface area (Å²) < 4.78 is 0. The van der Waals surface area contributed by atoms with Gasteiger partial charge in [0.05, 0.1) is 6.54 Å². The van der Waals surface area contributed by atoms with Gasteiger partial charge in [-0.05, 0) is 13.0 Å². The van der Waals surface area contributed by atoms with Crippen molar-refractivity contribution in [2.45, 2.75) is 46.0 Å². The first-order valence-corrected chi connectivity index (χ1v) is 5.03. The van der Waals surface area contributed by atoms with Crippen molar-refractivity contribution in [3.05, 3.63) is 0 Å². The average molecular weight is 171 g/mol. The van der Waals surface area contributed by atoms with E-state index in [0.717, 1.165) is 19.4 Å². The van der Waals surface area contributed by atoms with Crippen LogP contribution >= 0.6 is 0 Å². The molecule has 0 aromatic rings. The number of rotatable bonds is 8. The summed E-state index contributed by atoms with van der Waals surface area (Å²) in [7, 11) is 0. The number of ketones is 1. The highest BCUT2D eigenvalue weighted by Crippen LogP contribution is 2.02. The Morgan fingerprint density at radius 3 is 2.50 bits per heavy atom. The molecule has 0 aliphatic heterocycles. The summed E-state index contributed by atoms with van der Waals surface area (Å²) in [6.45, 7) is 5.65. The van der Waals surface area contributed by atoms with Crippen LogP contribution in [0.5, 0.6) is 0 Å². The van der Waals surface area contributed by atoms with E-state index in [9.17, 15) is 4.79 Å². The lowest BCUT2D eigenvalue weighted by Crippen LogP contribution is -2.22. The second-order valence-electron chi connectivity index (χ2n) is 3.13. The molecule has 0 atom stereocenters. The van der Waals surface area contributed by atoms with Crippen LogP contribution in [-0.2, 0) is 4.79 Å². The molecule has 0 spiro atoms. The summed E-state index contributed by atoms with van der Waals surface area (Å²) in [6.07, 6.45) is 5.52. The van der Waals surface area contributed by atoms with Gasteiger partial charge < -0.3 is 5.32 Å². The molecular weight excluding hydrogens is 150 g/mol. The second kappa shape index (κ2) is 8.72. The van der Waals surface area contributed by atoms with Crippen molar-refractivity contribution in [3.8, 4) is 0 Å². The normalized spacial score (nSPS) is 10.2. The fraction of sp³-hybridized carbons (Fsp3) is 0.900. The number of hydrogen-bond donors (Lipinski definition) is 1. The topological polar surface area (TPSA) is 29.1 Å². The summed E-state index contributed by atoms with van der Waals surface area (Å²) in [4.78, 5) is 11.1. The maximum absolute atomic E-state index is 11.1. The highest BCUT2D eigenvalue weighted by molar-refractivity contribution is 5.80. The fourth-order valence-corrected chi connectivity index (χ4v) is 1.10. The zero-order valence-corrected chi connectivity index (χ0v) is 8.36. The van der Waals surface area contributed by atoms with Gasteiger partial charge in [0.2, 0.25) is 0 Å². The molecule has 0 fully saturated rings. The fourth-order valence-electron chi connectivity index (χ4n) is 1.10. The Hall–Kier alpha value is -0.370. The SMILES string of the molecule is CCCCCCC(=O)CNCC. The number of nitrogens with one attached hydrogen (secondary N) is 1. The molecule has 0 rings (SSSR count). The standard InChI is InChI=1S/C10H21NO/c1-3-5-6-7-8-10(12)9-11-4-2/h11H,3-9H2,1-2H3. The molecule has 2 nitrogen and oxygen atoms in total. The van der Waals surface area contributed by atoms with E-state index >= 15 is 0 Å². The van der Waals surface area contributed by atoms with E-state index in [-0.39, 0.29) is 0 Å². The minimum atomic E-state index is 0.355. The van der Waals surface area contributed by atoms with E-state index in [1.165, 1.54) is 19.3 Å². The van der Waals surface area contributed by atoms with Gasteiger partial charge in [0, 0.05) is 6.42 Å². The van der Waals surface area contributed by atoms with Gasteiger partial charge in [0.1, 0.15) is 5.78 Å². The van der Waals surface area contributed by atoms with Crippen LogP contribution in [0.2, 0.25) is 0 Å². The highest BCUT2D eigenvalue weighted by Gasteiger charge is 1.99. The number of carbonyl (C=O) groups is 1. The Morgan fingerprint density at radius 1 is 1.17 bits per heavy atom. The number of likely N-dealkylation sites (N-methyl/N-ethyl adjacent to an activating group) is 1. The smallest absolute Gasteiger partial charge is 0.146 e. The van der Waals surface area contributed by atoms with Gasteiger partial charge in [0.25, 0.3) is 0 Å². The van der Waals surface area contributed by atoms with E-state index in [2.05, 4.69) is 12.2 Å².